The lowest BCUT2D eigenvalue weighted by molar-refractivity contribution is 0.331. The molecule has 3 heteroatoms. The highest BCUT2D eigenvalue weighted by atomic mass is 15.1. The Kier molecular flexibility index (Phi) is 10.6. The third-order valence-electron chi connectivity index (χ3n) is 3.30. The maximum absolute atomic E-state index is 5.61. The molecular weight excluding hydrogens is 258 g/mol. The van der Waals surface area contributed by atoms with E-state index in [-0.39, 0.29) is 0 Å². The number of likely N-dealkylation sites (N-methyl/N-ethyl adjacent to an activating group) is 1. The number of nitrogens with one attached hydrogen (secondary N) is 1. The van der Waals surface area contributed by atoms with Crippen LogP contribution in [0.1, 0.15) is 45.9 Å². The number of nitrogens with two attached hydrogens (primary N) is 1. The fourth-order valence-electron chi connectivity index (χ4n) is 2.35. The first-order chi connectivity index (χ1) is 10.2. The molecule has 0 unspecified atom stereocenters. The van der Waals surface area contributed by atoms with Crippen molar-refractivity contribution in [3.8, 4) is 0 Å². The third-order valence-corrected chi connectivity index (χ3v) is 3.30. The summed E-state index contributed by atoms with van der Waals surface area (Å²) in [6.07, 6.45) is 9.53. The average Bonchev–Trinajstić information content (AvgIpc) is 2.83. The van der Waals surface area contributed by atoms with Gasteiger partial charge in [-0.2, -0.15) is 0 Å². The monoisotopic (exact) mass is 291 g/mol. The van der Waals surface area contributed by atoms with E-state index in [1.807, 2.05) is 20.8 Å². The predicted octanol–water partition coefficient (Wildman–Crippen LogP) is 2.15. The molecule has 3 nitrogen and oxygen atoms in total. The standard InChI is InChI=1S/C16H27N3.C2H6/c1-5-8-9-14-13(6-2)16(18-15(14)7-3)12-19(4)11-10-17;1-2/h5,7-9,18H,6,10-12,17H2,1-4H3;1-2H3/b8-5-,14-9-,15-7+;. The van der Waals surface area contributed by atoms with Crippen LogP contribution in [0.15, 0.2) is 12.2 Å². The summed E-state index contributed by atoms with van der Waals surface area (Å²) in [4.78, 5) is 5.80. The second-order valence-corrected chi connectivity index (χ2v) is 4.77. The van der Waals surface area contributed by atoms with E-state index in [4.69, 9.17) is 5.73 Å². The van der Waals surface area contributed by atoms with Crippen molar-refractivity contribution in [2.24, 2.45) is 5.73 Å². The van der Waals surface area contributed by atoms with Gasteiger partial charge in [0.05, 0.1) is 0 Å². The van der Waals surface area contributed by atoms with Crippen LogP contribution in [0, 0.1) is 0 Å². The van der Waals surface area contributed by atoms with Crippen molar-refractivity contribution in [3.05, 3.63) is 34.0 Å². The van der Waals surface area contributed by atoms with E-state index in [0.717, 1.165) is 19.5 Å². The minimum absolute atomic E-state index is 0.697. The van der Waals surface area contributed by atoms with E-state index in [1.165, 1.54) is 21.8 Å². The lowest BCUT2D eigenvalue weighted by Crippen LogP contribution is -2.25. The fraction of sp³-hybridized carbons (Fsp3) is 0.556. The van der Waals surface area contributed by atoms with Crippen LogP contribution >= 0.6 is 0 Å². The van der Waals surface area contributed by atoms with Gasteiger partial charge in [0.2, 0.25) is 0 Å². The number of aromatic amines is 1. The maximum atomic E-state index is 5.61. The van der Waals surface area contributed by atoms with E-state index in [9.17, 15) is 0 Å². The molecule has 0 spiro atoms. The van der Waals surface area contributed by atoms with Crippen molar-refractivity contribution in [2.45, 2.75) is 47.6 Å². The molecule has 0 saturated carbocycles. The zero-order chi connectivity index (χ0) is 16.3. The Morgan fingerprint density at radius 3 is 2.38 bits per heavy atom. The van der Waals surface area contributed by atoms with Crippen molar-refractivity contribution in [1.82, 2.24) is 9.88 Å². The molecule has 0 aliphatic heterocycles. The van der Waals surface area contributed by atoms with Crippen LogP contribution in [0.25, 0.3) is 12.2 Å². The van der Waals surface area contributed by atoms with Gasteiger partial charge in [-0.25, -0.2) is 0 Å². The third kappa shape index (κ3) is 5.90. The van der Waals surface area contributed by atoms with E-state index in [2.05, 4.69) is 55.1 Å². The molecular formula is C18H33N3. The Morgan fingerprint density at radius 1 is 1.24 bits per heavy atom. The van der Waals surface area contributed by atoms with Gasteiger partial charge in [0.15, 0.2) is 0 Å². The summed E-state index contributed by atoms with van der Waals surface area (Å²) >= 11 is 0. The lowest BCUT2D eigenvalue weighted by Gasteiger charge is -2.15. The fourth-order valence-corrected chi connectivity index (χ4v) is 2.35. The van der Waals surface area contributed by atoms with Crippen LogP contribution in [0.4, 0.5) is 0 Å². The van der Waals surface area contributed by atoms with Crippen LogP contribution in [0.3, 0.4) is 0 Å². The molecule has 0 amide bonds. The zero-order valence-corrected chi connectivity index (χ0v) is 14.7. The quantitative estimate of drug-likeness (QED) is 0.843. The molecule has 0 atom stereocenters. The van der Waals surface area contributed by atoms with Gasteiger partial charge in [0, 0.05) is 35.9 Å². The largest absolute Gasteiger partial charge is 0.357 e. The number of nitrogens with zero attached hydrogens (tertiary/aromatic N) is 1. The molecule has 0 aliphatic carbocycles. The number of hydrogen-bond acceptors (Lipinski definition) is 2. The first kappa shape index (κ1) is 19.7. The lowest BCUT2D eigenvalue weighted by atomic mass is 10.1. The van der Waals surface area contributed by atoms with E-state index >= 15 is 0 Å². The highest BCUT2D eigenvalue weighted by Crippen LogP contribution is 2.03. The SMILES string of the molecule is CC.C\C=C/C=c1/c(CC)c(CN(C)CCN)[nH]/c1=C/C. The summed E-state index contributed by atoms with van der Waals surface area (Å²) in [7, 11) is 2.11. The number of hydrogen-bond donors (Lipinski definition) is 2. The summed E-state index contributed by atoms with van der Waals surface area (Å²) in [5, 5.41) is 2.53. The molecule has 0 fully saturated rings. The van der Waals surface area contributed by atoms with Crippen LogP contribution in [-0.2, 0) is 13.0 Å². The van der Waals surface area contributed by atoms with Crippen molar-refractivity contribution >= 4 is 12.2 Å². The van der Waals surface area contributed by atoms with Crippen molar-refractivity contribution in [2.75, 3.05) is 20.1 Å². The van der Waals surface area contributed by atoms with Crippen LogP contribution in [0.5, 0.6) is 0 Å². The molecule has 3 N–H and O–H groups in total. The van der Waals surface area contributed by atoms with Crippen molar-refractivity contribution in [3.63, 3.8) is 0 Å². The molecule has 0 radical (unpaired) electrons. The van der Waals surface area contributed by atoms with E-state index in [1.54, 1.807) is 0 Å². The molecule has 0 saturated heterocycles. The number of aromatic nitrogens is 1. The van der Waals surface area contributed by atoms with Crippen molar-refractivity contribution < 1.29 is 0 Å². The second-order valence-electron chi connectivity index (χ2n) is 4.77. The molecule has 0 aliphatic rings. The molecule has 120 valence electrons. The Labute approximate surface area is 130 Å². The first-order valence-electron chi connectivity index (χ1n) is 8.05. The molecule has 21 heavy (non-hydrogen) atoms. The molecule has 0 aromatic carbocycles. The van der Waals surface area contributed by atoms with E-state index in [0.29, 0.717) is 6.54 Å². The van der Waals surface area contributed by atoms with E-state index < -0.39 is 0 Å². The maximum Gasteiger partial charge on any atom is 0.0415 e. The Balaban J connectivity index is 0.00000191. The normalized spacial score (nSPS) is 13.1. The minimum Gasteiger partial charge on any atom is -0.357 e. The topological polar surface area (TPSA) is 45.0 Å². The van der Waals surface area contributed by atoms with Gasteiger partial charge < -0.3 is 10.7 Å². The Morgan fingerprint density at radius 2 is 1.90 bits per heavy atom. The van der Waals surface area contributed by atoms with Gasteiger partial charge in [-0.1, -0.05) is 45.1 Å². The summed E-state index contributed by atoms with van der Waals surface area (Å²) in [5.74, 6) is 0. The molecule has 1 aromatic heterocycles. The first-order valence-corrected chi connectivity index (χ1v) is 8.05. The van der Waals surface area contributed by atoms with Gasteiger partial charge in [0.25, 0.3) is 0 Å². The van der Waals surface area contributed by atoms with Crippen molar-refractivity contribution in [1.29, 1.82) is 0 Å². The number of allylic oxidation sites excluding steroid dienone is 2. The molecule has 1 aromatic rings. The van der Waals surface area contributed by atoms with Gasteiger partial charge in [-0.3, -0.25) is 4.90 Å². The van der Waals surface area contributed by atoms with Crippen LogP contribution in [-0.4, -0.2) is 30.0 Å². The van der Waals surface area contributed by atoms with Gasteiger partial charge >= 0.3 is 0 Å². The van der Waals surface area contributed by atoms with Gasteiger partial charge in [0.1, 0.15) is 0 Å². The highest BCUT2D eigenvalue weighted by Gasteiger charge is 2.08. The number of H-pyrrole nitrogens is 1. The van der Waals surface area contributed by atoms with Crippen LogP contribution in [0.2, 0.25) is 0 Å². The molecule has 1 rings (SSSR count). The summed E-state index contributed by atoms with van der Waals surface area (Å²) in [5.41, 5.74) is 8.33. The molecule has 0 bridgehead atoms. The summed E-state index contributed by atoms with van der Waals surface area (Å²) < 4.78 is 0. The Bertz CT molecular complexity index is 523. The highest BCUT2D eigenvalue weighted by molar-refractivity contribution is 5.43. The Hall–Kier alpha value is -1.32. The van der Waals surface area contributed by atoms with Gasteiger partial charge in [-0.15, -0.1) is 0 Å². The van der Waals surface area contributed by atoms with Crippen LogP contribution < -0.4 is 16.3 Å². The second kappa shape index (κ2) is 11.4. The predicted molar refractivity (Wildman–Crippen MR) is 95.6 cm³/mol. The smallest absolute Gasteiger partial charge is 0.0415 e. The average molecular weight is 291 g/mol. The van der Waals surface area contributed by atoms with Gasteiger partial charge in [-0.05, 0) is 32.9 Å². The minimum atomic E-state index is 0.697. The summed E-state index contributed by atoms with van der Waals surface area (Å²) in [6, 6.07) is 0. The molecule has 1 heterocycles. The summed E-state index contributed by atoms with van der Waals surface area (Å²) in [6.45, 7) is 12.9. The number of rotatable bonds is 6. The zero-order valence-electron chi connectivity index (χ0n) is 14.7.